The van der Waals surface area contributed by atoms with Crippen molar-refractivity contribution in [3.05, 3.63) is 22.4 Å². The molecule has 0 unspecified atom stereocenters. The summed E-state index contributed by atoms with van der Waals surface area (Å²) in [6.07, 6.45) is -5.99. The van der Waals surface area contributed by atoms with E-state index >= 15 is 0 Å². The zero-order valence-corrected chi connectivity index (χ0v) is 12.6. The number of carbonyl (C=O) groups is 1. The molecule has 21 heavy (non-hydrogen) atoms. The minimum absolute atomic E-state index is 0.0245. The molecule has 0 aromatic carbocycles. The lowest BCUT2D eigenvalue weighted by molar-refractivity contribution is -0.161. The molecule has 118 valence electrons. The van der Waals surface area contributed by atoms with Crippen LogP contribution >= 0.6 is 11.3 Å². The first-order chi connectivity index (χ1) is 9.69. The van der Waals surface area contributed by atoms with E-state index < -0.39 is 33.6 Å². The molecular weight excluding hydrogens is 327 g/mol. The Morgan fingerprint density at radius 2 is 2.10 bits per heavy atom. The Morgan fingerprint density at radius 3 is 2.67 bits per heavy atom. The highest BCUT2D eigenvalue weighted by atomic mass is 32.2. The summed E-state index contributed by atoms with van der Waals surface area (Å²) >= 11 is 1.30. The second-order valence-corrected chi connectivity index (χ2v) is 8.11. The van der Waals surface area contributed by atoms with Crippen LogP contribution in [0.4, 0.5) is 13.2 Å². The van der Waals surface area contributed by atoms with Crippen LogP contribution in [0.1, 0.15) is 23.0 Å². The number of hydrogen-bond acceptors (Lipinski definition) is 4. The monoisotopic (exact) mass is 341 g/mol. The van der Waals surface area contributed by atoms with Gasteiger partial charge in [0.25, 0.3) is 0 Å². The molecule has 1 fully saturated rings. The van der Waals surface area contributed by atoms with E-state index in [0.717, 1.165) is 4.90 Å². The van der Waals surface area contributed by atoms with E-state index in [9.17, 15) is 26.4 Å². The molecule has 0 N–H and O–H groups in total. The summed E-state index contributed by atoms with van der Waals surface area (Å²) in [6, 6.07) is 3.42. The average Bonchev–Trinajstić information content (AvgIpc) is 2.79. The van der Waals surface area contributed by atoms with Gasteiger partial charge in [-0.3, -0.25) is 4.79 Å². The molecule has 2 heterocycles. The number of alkyl halides is 3. The number of amides is 1. The van der Waals surface area contributed by atoms with Crippen molar-refractivity contribution in [1.82, 2.24) is 4.90 Å². The second-order valence-electron chi connectivity index (χ2n) is 4.83. The SMILES string of the molecule is O=C(CC(F)(F)F)N1CC[C@@H](c2cccs2)S(=O)(=O)CC1. The van der Waals surface area contributed by atoms with Crippen LogP contribution in [0, 0.1) is 0 Å². The minimum Gasteiger partial charge on any atom is -0.341 e. The van der Waals surface area contributed by atoms with Crippen LogP contribution in [-0.4, -0.2) is 44.2 Å². The smallest absolute Gasteiger partial charge is 0.341 e. The molecule has 0 aliphatic carbocycles. The average molecular weight is 341 g/mol. The molecule has 1 aliphatic heterocycles. The molecule has 0 radical (unpaired) electrons. The Morgan fingerprint density at radius 1 is 1.38 bits per heavy atom. The van der Waals surface area contributed by atoms with Gasteiger partial charge in [0.2, 0.25) is 5.91 Å². The molecule has 1 saturated heterocycles. The summed E-state index contributed by atoms with van der Waals surface area (Å²) in [5.74, 6) is -1.37. The maximum Gasteiger partial charge on any atom is 0.397 e. The summed E-state index contributed by atoms with van der Waals surface area (Å²) in [5, 5.41) is 1.02. The zero-order valence-electron chi connectivity index (χ0n) is 11.0. The van der Waals surface area contributed by atoms with Gasteiger partial charge in [0.1, 0.15) is 6.42 Å². The largest absolute Gasteiger partial charge is 0.397 e. The quantitative estimate of drug-likeness (QED) is 0.830. The molecule has 1 aromatic heterocycles. The van der Waals surface area contributed by atoms with Crippen molar-refractivity contribution in [2.45, 2.75) is 24.3 Å². The van der Waals surface area contributed by atoms with Crippen LogP contribution in [0.3, 0.4) is 0 Å². The van der Waals surface area contributed by atoms with Gasteiger partial charge < -0.3 is 4.90 Å². The lowest BCUT2D eigenvalue weighted by Crippen LogP contribution is -2.36. The number of halogens is 3. The fraction of sp³-hybridized carbons (Fsp3) is 0.583. The van der Waals surface area contributed by atoms with Gasteiger partial charge in [-0.2, -0.15) is 13.2 Å². The van der Waals surface area contributed by atoms with E-state index in [1.165, 1.54) is 11.3 Å². The molecule has 1 amide bonds. The Balaban J connectivity index is 2.12. The van der Waals surface area contributed by atoms with E-state index in [2.05, 4.69) is 0 Å². The highest BCUT2D eigenvalue weighted by Gasteiger charge is 2.37. The van der Waals surface area contributed by atoms with E-state index in [1.54, 1.807) is 17.5 Å². The summed E-state index contributed by atoms with van der Waals surface area (Å²) in [4.78, 5) is 13.2. The lowest BCUT2D eigenvalue weighted by atomic mass is 10.2. The van der Waals surface area contributed by atoms with Gasteiger partial charge in [0, 0.05) is 18.0 Å². The fourth-order valence-corrected chi connectivity index (χ4v) is 5.27. The zero-order chi connectivity index (χ0) is 15.7. The van der Waals surface area contributed by atoms with Gasteiger partial charge in [0.15, 0.2) is 9.84 Å². The Bertz CT molecular complexity index is 596. The summed E-state index contributed by atoms with van der Waals surface area (Å²) < 4.78 is 61.2. The van der Waals surface area contributed by atoms with Gasteiger partial charge in [-0.1, -0.05) is 6.07 Å². The predicted molar refractivity (Wildman–Crippen MR) is 72.7 cm³/mol. The highest BCUT2D eigenvalue weighted by molar-refractivity contribution is 7.91. The molecule has 1 aromatic rings. The molecule has 0 spiro atoms. The van der Waals surface area contributed by atoms with Crippen LogP contribution in [0.2, 0.25) is 0 Å². The summed E-state index contributed by atoms with van der Waals surface area (Å²) in [6.45, 7) is -0.157. The Hall–Kier alpha value is -1.09. The number of thiophene rings is 1. The van der Waals surface area contributed by atoms with Crippen LogP contribution in [0.5, 0.6) is 0 Å². The van der Waals surface area contributed by atoms with Crippen LogP contribution in [0.25, 0.3) is 0 Å². The van der Waals surface area contributed by atoms with Gasteiger partial charge in [-0.15, -0.1) is 11.3 Å². The molecular formula is C12H14F3NO3S2. The first-order valence-corrected chi connectivity index (χ1v) is 8.88. The summed E-state index contributed by atoms with van der Waals surface area (Å²) in [7, 11) is -3.46. The van der Waals surface area contributed by atoms with E-state index in [0.29, 0.717) is 4.88 Å². The van der Waals surface area contributed by atoms with Crippen molar-refractivity contribution in [3.63, 3.8) is 0 Å². The van der Waals surface area contributed by atoms with Crippen molar-refractivity contribution in [1.29, 1.82) is 0 Å². The van der Waals surface area contributed by atoms with E-state index in [4.69, 9.17) is 0 Å². The number of rotatable bonds is 2. The predicted octanol–water partition coefficient (Wildman–Crippen LogP) is 2.39. The van der Waals surface area contributed by atoms with Crippen molar-refractivity contribution >= 4 is 27.1 Å². The van der Waals surface area contributed by atoms with Gasteiger partial charge >= 0.3 is 6.18 Å². The second kappa shape index (κ2) is 5.96. The van der Waals surface area contributed by atoms with E-state index in [-0.39, 0.29) is 25.3 Å². The molecule has 4 nitrogen and oxygen atoms in total. The van der Waals surface area contributed by atoms with Crippen LogP contribution < -0.4 is 0 Å². The standard InChI is InChI=1S/C12H14F3NO3S2/c13-12(14,15)8-11(17)16-4-3-10(9-2-1-6-20-9)21(18,19)7-5-16/h1-2,6,10H,3-5,7-8H2/t10-/m0/s1. The molecule has 1 atom stereocenters. The topological polar surface area (TPSA) is 54.5 Å². The van der Waals surface area contributed by atoms with Crippen LogP contribution in [-0.2, 0) is 14.6 Å². The Kier molecular flexibility index (Phi) is 4.62. The third-order valence-corrected chi connectivity index (χ3v) is 6.55. The van der Waals surface area contributed by atoms with Crippen LogP contribution in [0.15, 0.2) is 17.5 Å². The molecule has 2 rings (SSSR count). The fourth-order valence-electron chi connectivity index (χ4n) is 2.27. The van der Waals surface area contributed by atoms with Crippen molar-refractivity contribution in [3.8, 4) is 0 Å². The lowest BCUT2D eigenvalue weighted by Gasteiger charge is -2.20. The van der Waals surface area contributed by atoms with Crippen molar-refractivity contribution in [2.24, 2.45) is 0 Å². The molecule has 1 aliphatic rings. The molecule has 0 bridgehead atoms. The number of sulfone groups is 1. The normalized spacial score (nSPS) is 22.8. The third-order valence-electron chi connectivity index (χ3n) is 3.31. The number of carbonyl (C=O) groups excluding carboxylic acids is 1. The molecule has 9 heteroatoms. The van der Waals surface area contributed by atoms with Crippen molar-refractivity contribution < 1.29 is 26.4 Å². The van der Waals surface area contributed by atoms with Crippen molar-refractivity contribution in [2.75, 3.05) is 18.8 Å². The van der Waals surface area contributed by atoms with E-state index in [1.807, 2.05) is 0 Å². The van der Waals surface area contributed by atoms with Gasteiger partial charge in [-0.25, -0.2) is 8.42 Å². The number of nitrogens with zero attached hydrogens (tertiary/aromatic N) is 1. The summed E-state index contributed by atoms with van der Waals surface area (Å²) in [5.41, 5.74) is 0. The number of hydrogen-bond donors (Lipinski definition) is 0. The first-order valence-electron chi connectivity index (χ1n) is 6.28. The Labute approximate surface area is 124 Å². The highest BCUT2D eigenvalue weighted by Crippen LogP contribution is 2.32. The first kappa shape index (κ1) is 16.3. The molecule has 0 saturated carbocycles. The van der Waals surface area contributed by atoms with Gasteiger partial charge in [-0.05, 0) is 17.9 Å². The minimum atomic E-state index is -4.57. The maximum atomic E-state index is 12.3. The maximum absolute atomic E-state index is 12.3. The van der Waals surface area contributed by atoms with Gasteiger partial charge in [0.05, 0.1) is 11.0 Å². The third kappa shape index (κ3) is 4.19.